The van der Waals surface area contributed by atoms with Crippen molar-refractivity contribution in [2.45, 2.75) is 65.5 Å². The predicted octanol–water partition coefficient (Wildman–Crippen LogP) is 6.14. The molecule has 0 spiro atoms. The molecule has 0 radical (unpaired) electrons. The Bertz CT molecular complexity index is 1070. The normalized spacial score (nSPS) is 27.0. The number of piperidine rings is 3. The molecule has 3 heterocycles. The summed E-state index contributed by atoms with van der Waals surface area (Å²) in [7, 11) is 0. The molecule has 2 atom stereocenters. The molecular formula is C29H37FN2O2. The van der Waals surface area contributed by atoms with E-state index in [1.165, 1.54) is 5.56 Å². The lowest BCUT2D eigenvalue weighted by Crippen LogP contribution is -2.53. The van der Waals surface area contributed by atoms with Crippen LogP contribution in [-0.4, -0.2) is 36.7 Å². The Hall–Kier alpha value is -2.40. The molecule has 0 aromatic heterocycles. The van der Waals surface area contributed by atoms with Crippen molar-refractivity contribution in [2.75, 3.05) is 19.6 Å². The Morgan fingerprint density at radius 1 is 1.21 bits per heavy atom. The molecule has 2 aromatic carbocycles. The molecule has 4 nitrogen and oxygen atoms in total. The molecule has 5 heteroatoms. The first-order chi connectivity index (χ1) is 16.2. The van der Waals surface area contributed by atoms with Crippen molar-refractivity contribution >= 4 is 6.09 Å². The quantitative estimate of drug-likeness (QED) is 0.578. The largest absolute Gasteiger partial charge is 0.445 e. The topological polar surface area (TPSA) is 41.6 Å². The molecule has 1 aliphatic carbocycles. The first-order valence-electron chi connectivity index (χ1n) is 12.8. The van der Waals surface area contributed by atoms with E-state index in [9.17, 15) is 4.79 Å². The summed E-state index contributed by atoms with van der Waals surface area (Å²) in [6, 6.07) is 11.6. The van der Waals surface area contributed by atoms with Gasteiger partial charge in [0, 0.05) is 12.1 Å². The fourth-order valence-corrected chi connectivity index (χ4v) is 6.23. The number of alkyl carbamates (subject to hydrolysis) is 1. The Balaban J connectivity index is 1.36. The van der Waals surface area contributed by atoms with Crippen LogP contribution in [-0.2, 0) is 17.6 Å². The van der Waals surface area contributed by atoms with E-state index in [-0.39, 0.29) is 29.5 Å². The number of ether oxygens (including phenoxy) is 1. The summed E-state index contributed by atoms with van der Waals surface area (Å²) in [6.07, 6.45) is 3.54. The van der Waals surface area contributed by atoms with E-state index in [2.05, 4.69) is 50.0 Å². The molecule has 182 valence electrons. The van der Waals surface area contributed by atoms with E-state index in [0.717, 1.165) is 62.0 Å². The summed E-state index contributed by atoms with van der Waals surface area (Å²) in [5, 5.41) is 3.10. The van der Waals surface area contributed by atoms with Crippen molar-refractivity contribution in [2.24, 2.45) is 17.3 Å². The minimum Gasteiger partial charge on any atom is -0.445 e. The third-order valence-corrected chi connectivity index (χ3v) is 7.97. The molecule has 34 heavy (non-hydrogen) atoms. The van der Waals surface area contributed by atoms with Crippen molar-refractivity contribution in [1.29, 1.82) is 0 Å². The first-order valence-corrected chi connectivity index (χ1v) is 12.8. The number of carbonyl (C=O) groups is 1. The predicted molar refractivity (Wildman–Crippen MR) is 133 cm³/mol. The monoisotopic (exact) mass is 464 g/mol. The zero-order valence-corrected chi connectivity index (χ0v) is 20.9. The smallest absolute Gasteiger partial charge is 0.407 e. The van der Waals surface area contributed by atoms with Crippen LogP contribution in [0, 0.1) is 23.1 Å². The number of hydrogen-bond acceptors (Lipinski definition) is 3. The number of nitrogens with one attached hydrogen (secondary N) is 1. The molecular weight excluding hydrogens is 427 g/mol. The number of fused-ring (bicyclic) bond motifs is 4. The summed E-state index contributed by atoms with van der Waals surface area (Å²) < 4.78 is 21.3. The van der Waals surface area contributed by atoms with Gasteiger partial charge >= 0.3 is 6.09 Å². The standard InChI is InChI=1S/C29H37FN2O2/c1-18(2)12-19-6-5-7-21(13-19)23-14-22-16-29(3,4)27(24(22)15-25(23)30)31-28(33)34-26-17-32-10-8-20(26)9-11-32/h5-7,13-15,18,20,26-27H,8-12,16-17H2,1-4H3,(H,31,33)/t26-,27?/m1/s1. The second-order valence-corrected chi connectivity index (χ2v) is 11.7. The zero-order chi connectivity index (χ0) is 24.0. The van der Waals surface area contributed by atoms with Crippen LogP contribution in [0.1, 0.15) is 63.3 Å². The van der Waals surface area contributed by atoms with Gasteiger partial charge in [-0.05, 0) is 90.4 Å². The number of hydrogen-bond donors (Lipinski definition) is 1. The number of carbonyl (C=O) groups excluding carboxylic acids is 1. The summed E-state index contributed by atoms with van der Waals surface area (Å²) >= 11 is 0. The van der Waals surface area contributed by atoms with Crippen molar-refractivity contribution in [3.8, 4) is 11.1 Å². The second kappa shape index (κ2) is 8.99. The lowest BCUT2D eigenvalue weighted by molar-refractivity contribution is -0.0349. The lowest BCUT2D eigenvalue weighted by atomic mass is 9.85. The fourth-order valence-electron chi connectivity index (χ4n) is 6.23. The van der Waals surface area contributed by atoms with Crippen LogP contribution in [0.4, 0.5) is 9.18 Å². The second-order valence-electron chi connectivity index (χ2n) is 11.7. The van der Waals surface area contributed by atoms with E-state index < -0.39 is 0 Å². The van der Waals surface area contributed by atoms with E-state index in [1.807, 2.05) is 18.2 Å². The van der Waals surface area contributed by atoms with Crippen LogP contribution >= 0.6 is 0 Å². The highest BCUT2D eigenvalue weighted by atomic mass is 19.1. The van der Waals surface area contributed by atoms with Crippen molar-refractivity contribution in [1.82, 2.24) is 10.2 Å². The molecule has 1 N–H and O–H groups in total. The third kappa shape index (κ3) is 4.59. The Kier molecular flexibility index (Phi) is 6.18. The lowest BCUT2D eigenvalue weighted by Gasteiger charge is -2.44. The SMILES string of the molecule is CC(C)Cc1cccc(-c2cc3c(cc2F)C(NC(=O)O[C@@H]2CN4CCC2CC4)C(C)(C)C3)c1. The first kappa shape index (κ1) is 23.3. The molecule has 1 unspecified atom stereocenters. The maximum Gasteiger partial charge on any atom is 0.407 e. The Morgan fingerprint density at radius 2 is 1.97 bits per heavy atom. The van der Waals surface area contributed by atoms with Gasteiger partial charge in [0.05, 0.1) is 6.04 Å². The molecule has 4 aliphatic rings. The van der Waals surface area contributed by atoms with Gasteiger partial charge in [0.25, 0.3) is 0 Å². The van der Waals surface area contributed by atoms with E-state index >= 15 is 4.39 Å². The molecule has 3 saturated heterocycles. The van der Waals surface area contributed by atoms with Gasteiger partial charge in [-0.3, -0.25) is 4.90 Å². The van der Waals surface area contributed by atoms with Gasteiger partial charge in [0.15, 0.2) is 0 Å². The van der Waals surface area contributed by atoms with Crippen LogP contribution in [0.15, 0.2) is 36.4 Å². The average molecular weight is 465 g/mol. The van der Waals surface area contributed by atoms with Gasteiger partial charge in [-0.25, -0.2) is 9.18 Å². The highest BCUT2D eigenvalue weighted by molar-refractivity contribution is 5.71. The number of halogens is 1. The molecule has 6 rings (SSSR count). The average Bonchev–Trinajstić information content (AvgIpc) is 3.02. The summed E-state index contributed by atoms with van der Waals surface area (Å²) in [5.41, 5.74) is 4.52. The fraction of sp³-hybridized carbons (Fsp3) is 0.552. The maximum atomic E-state index is 15.4. The van der Waals surface area contributed by atoms with Crippen molar-refractivity contribution < 1.29 is 13.9 Å². The minimum atomic E-state index is -0.379. The van der Waals surface area contributed by atoms with Crippen molar-refractivity contribution in [3.63, 3.8) is 0 Å². The van der Waals surface area contributed by atoms with Gasteiger partial charge in [0.2, 0.25) is 0 Å². The molecule has 0 saturated carbocycles. The number of benzene rings is 2. The summed E-state index contributed by atoms with van der Waals surface area (Å²) in [6.45, 7) is 11.7. The minimum absolute atomic E-state index is 0.0382. The Labute approximate surface area is 202 Å². The van der Waals surface area contributed by atoms with Crippen LogP contribution < -0.4 is 5.32 Å². The highest BCUT2D eigenvalue weighted by Gasteiger charge is 2.42. The summed E-state index contributed by atoms with van der Waals surface area (Å²) in [5.74, 6) is 0.773. The van der Waals surface area contributed by atoms with Gasteiger partial charge in [-0.2, -0.15) is 0 Å². The van der Waals surface area contributed by atoms with Crippen LogP contribution in [0.25, 0.3) is 11.1 Å². The van der Waals surface area contributed by atoms with Crippen molar-refractivity contribution in [3.05, 3.63) is 58.9 Å². The van der Waals surface area contributed by atoms with Crippen LogP contribution in [0.5, 0.6) is 0 Å². The number of rotatable bonds is 5. The highest BCUT2D eigenvalue weighted by Crippen LogP contribution is 2.47. The number of nitrogens with zero attached hydrogens (tertiary/aromatic N) is 1. The molecule has 2 bridgehead atoms. The van der Waals surface area contributed by atoms with E-state index in [0.29, 0.717) is 17.4 Å². The van der Waals surface area contributed by atoms with Gasteiger partial charge < -0.3 is 10.1 Å². The number of amides is 1. The molecule has 3 fully saturated rings. The molecule has 3 aliphatic heterocycles. The maximum absolute atomic E-state index is 15.4. The Morgan fingerprint density at radius 3 is 2.65 bits per heavy atom. The molecule has 2 aromatic rings. The van der Waals surface area contributed by atoms with Gasteiger partial charge in [0.1, 0.15) is 11.9 Å². The third-order valence-electron chi connectivity index (χ3n) is 7.97. The summed E-state index contributed by atoms with van der Waals surface area (Å²) in [4.78, 5) is 15.3. The van der Waals surface area contributed by atoms with Crippen LogP contribution in [0.3, 0.4) is 0 Å². The zero-order valence-electron chi connectivity index (χ0n) is 20.9. The van der Waals surface area contributed by atoms with Gasteiger partial charge in [-0.15, -0.1) is 0 Å². The van der Waals surface area contributed by atoms with Crippen LogP contribution in [0.2, 0.25) is 0 Å². The molecule has 1 amide bonds. The van der Waals surface area contributed by atoms with Gasteiger partial charge in [-0.1, -0.05) is 52.0 Å². The van der Waals surface area contributed by atoms with E-state index in [4.69, 9.17) is 4.74 Å². The van der Waals surface area contributed by atoms with E-state index in [1.54, 1.807) is 6.07 Å².